The van der Waals surface area contributed by atoms with Crippen molar-refractivity contribution in [2.45, 2.75) is 25.1 Å². The number of halogens is 3. The molecule has 3 heterocycles. The van der Waals surface area contributed by atoms with Crippen LogP contribution in [0.5, 0.6) is 0 Å². The second-order valence-corrected chi connectivity index (χ2v) is 5.78. The number of aryl methyl sites for hydroxylation is 1. The average molecular weight is 354 g/mol. The van der Waals surface area contributed by atoms with E-state index in [1.807, 2.05) is 4.90 Å². The minimum absolute atomic E-state index is 0.0982. The number of ether oxygens (including phenoxy) is 1. The Bertz CT molecular complexity index is 761. The summed E-state index contributed by atoms with van der Waals surface area (Å²) < 4.78 is 43.5. The fourth-order valence-corrected chi connectivity index (χ4v) is 2.70. The van der Waals surface area contributed by atoms with Gasteiger partial charge in [0.15, 0.2) is 0 Å². The molecule has 2 aromatic rings. The van der Waals surface area contributed by atoms with Crippen molar-refractivity contribution in [1.82, 2.24) is 15.0 Å². The Kier molecular flexibility index (Phi) is 5.03. The van der Waals surface area contributed by atoms with Crippen LogP contribution in [0.15, 0.2) is 35.5 Å². The molecule has 0 saturated carbocycles. The van der Waals surface area contributed by atoms with Gasteiger partial charge in [-0.1, -0.05) is 0 Å². The number of anilines is 1. The molecule has 3 rings (SSSR count). The summed E-state index contributed by atoms with van der Waals surface area (Å²) in [6, 6.07) is 3.86. The van der Waals surface area contributed by atoms with Crippen molar-refractivity contribution in [3.63, 3.8) is 0 Å². The Hall–Kier alpha value is -2.42. The lowest BCUT2D eigenvalue weighted by molar-refractivity contribution is -0.137. The number of pyridine rings is 1. The molecule has 1 aliphatic heterocycles. The van der Waals surface area contributed by atoms with Crippen molar-refractivity contribution in [2.24, 2.45) is 0 Å². The number of hydrogen-bond donors (Lipinski definition) is 1. The smallest absolute Gasteiger partial charge is 0.375 e. The maximum Gasteiger partial charge on any atom is 0.417 e. The molecule has 1 saturated heterocycles. The molecule has 0 aromatic carbocycles. The van der Waals surface area contributed by atoms with Gasteiger partial charge in [-0.15, -0.1) is 0 Å². The van der Waals surface area contributed by atoms with Crippen LogP contribution in [0.1, 0.15) is 17.7 Å². The molecule has 0 amide bonds. The number of morpholine rings is 1. The Labute approximate surface area is 141 Å². The van der Waals surface area contributed by atoms with Gasteiger partial charge in [0.2, 0.25) is 0 Å². The van der Waals surface area contributed by atoms with E-state index < -0.39 is 11.7 Å². The zero-order valence-corrected chi connectivity index (χ0v) is 13.3. The molecule has 0 unspecified atom stereocenters. The minimum Gasteiger partial charge on any atom is -0.375 e. The first-order chi connectivity index (χ1) is 11.9. The van der Waals surface area contributed by atoms with Crippen LogP contribution in [0.3, 0.4) is 0 Å². The lowest BCUT2D eigenvalue weighted by atomic mass is 10.1. The highest BCUT2D eigenvalue weighted by atomic mass is 19.4. The van der Waals surface area contributed by atoms with Gasteiger partial charge in [0.25, 0.3) is 5.56 Å². The molecule has 9 heteroatoms. The molecular formula is C16H17F3N4O2. The van der Waals surface area contributed by atoms with Gasteiger partial charge in [-0.25, -0.2) is 9.97 Å². The maximum atomic E-state index is 12.6. The highest BCUT2D eigenvalue weighted by molar-refractivity contribution is 5.40. The van der Waals surface area contributed by atoms with E-state index in [-0.39, 0.29) is 11.7 Å². The second kappa shape index (κ2) is 7.22. The van der Waals surface area contributed by atoms with Crippen LogP contribution in [0.4, 0.5) is 19.0 Å². The highest BCUT2D eigenvalue weighted by Crippen LogP contribution is 2.29. The molecule has 1 N–H and O–H groups in total. The fraction of sp³-hybridized carbons (Fsp3) is 0.438. The van der Waals surface area contributed by atoms with Crippen molar-refractivity contribution in [1.29, 1.82) is 0 Å². The van der Waals surface area contributed by atoms with Gasteiger partial charge >= 0.3 is 6.18 Å². The van der Waals surface area contributed by atoms with E-state index in [0.717, 1.165) is 12.3 Å². The molecule has 0 radical (unpaired) electrons. The highest BCUT2D eigenvalue weighted by Gasteiger charge is 2.31. The normalized spacial score (nSPS) is 18.4. The van der Waals surface area contributed by atoms with Gasteiger partial charge in [0, 0.05) is 31.0 Å². The van der Waals surface area contributed by atoms with Crippen LogP contribution in [-0.4, -0.2) is 40.8 Å². The fourth-order valence-electron chi connectivity index (χ4n) is 2.70. The van der Waals surface area contributed by atoms with Gasteiger partial charge in [0.1, 0.15) is 5.82 Å². The molecule has 0 bridgehead atoms. The number of nitrogens with one attached hydrogen (secondary N) is 1. The molecule has 1 fully saturated rings. The first-order valence-corrected chi connectivity index (χ1v) is 7.85. The lowest BCUT2D eigenvalue weighted by Crippen LogP contribution is -2.43. The zero-order chi connectivity index (χ0) is 17.9. The van der Waals surface area contributed by atoms with E-state index in [1.165, 1.54) is 18.5 Å². The van der Waals surface area contributed by atoms with Crippen LogP contribution in [0.2, 0.25) is 0 Å². The number of aromatic nitrogens is 3. The third-order valence-corrected chi connectivity index (χ3v) is 4.00. The number of alkyl halides is 3. The maximum absolute atomic E-state index is 12.6. The van der Waals surface area contributed by atoms with Crippen molar-refractivity contribution in [3.05, 3.63) is 52.3 Å². The predicted octanol–water partition coefficient (Wildman–Crippen LogP) is 2.02. The Morgan fingerprint density at radius 1 is 1.32 bits per heavy atom. The van der Waals surface area contributed by atoms with Gasteiger partial charge < -0.3 is 14.6 Å². The summed E-state index contributed by atoms with van der Waals surface area (Å²) in [4.78, 5) is 23.6. The van der Waals surface area contributed by atoms with Crippen LogP contribution in [-0.2, 0) is 17.3 Å². The van der Waals surface area contributed by atoms with Crippen LogP contribution in [0, 0.1) is 0 Å². The number of hydrogen-bond acceptors (Lipinski definition) is 5. The van der Waals surface area contributed by atoms with Crippen LogP contribution < -0.4 is 10.5 Å². The van der Waals surface area contributed by atoms with E-state index in [2.05, 4.69) is 15.0 Å². The molecular weight excluding hydrogens is 337 g/mol. The summed E-state index contributed by atoms with van der Waals surface area (Å²) in [5.74, 6) is 0.496. The Balaban J connectivity index is 1.60. The van der Waals surface area contributed by atoms with E-state index in [4.69, 9.17) is 4.74 Å². The third-order valence-electron chi connectivity index (χ3n) is 4.00. The Morgan fingerprint density at radius 2 is 2.16 bits per heavy atom. The first kappa shape index (κ1) is 17.4. The number of aromatic amines is 1. The molecule has 2 aromatic heterocycles. The first-order valence-electron chi connectivity index (χ1n) is 7.85. The van der Waals surface area contributed by atoms with E-state index in [1.54, 1.807) is 0 Å². The van der Waals surface area contributed by atoms with E-state index in [0.29, 0.717) is 44.0 Å². The lowest BCUT2D eigenvalue weighted by Gasteiger charge is -2.33. The monoisotopic (exact) mass is 354 g/mol. The van der Waals surface area contributed by atoms with Crippen molar-refractivity contribution >= 4 is 5.82 Å². The topological polar surface area (TPSA) is 71.1 Å². The summed E-state index contributed by atoms with van der Waals surface area (Å²) in [6.07, 6.45) is -1.03. The number of H-pyrrole nitrogens is 1. The van der Waals surface area contributed by atoms with Crippen LogP contribution in [0.25, 0.3) is 0 Å². The van der Waals surface area contributed by atoms with Crippen molar-refractivity contribution in [2.75, 3.05) is 24.6 Å². The van der Waals surface area contributed by atoms with Gasteiger partial charge in [-0.3, -0.25) is 4.79 Å². The average Bonchev–Trinajstić information content (AvgIpc) is 2.60. The molecule has 1 atom stereocenters. The van der Waals surface area contributed by atoms with E-state index in [9.17, 15) is 18.0 Å². The number of nitrogens with zero attached hydrogens (tertiary/aromatic N) is 3. The van der Waals surface area contributed by atoms with E-state index >= 15 is 0 Å². The van der Waals surface area contributed by atoms with Crippen molar-refractivity contribution in [3.8, 4) is 0 Å². The van der Waals surface area contributed by atoms with Gasteiger partial charge in [-0.2, -0.15) is 13.2 Å². The standard InChI is InChI=1S/C16H17F3N4O2/c17-16(18,19)11-1-4-14(20-8-11)23-5-6-25-13(9-23)3-2-12-7-15(24)22-10-21-12/h1,4,7-8,10,13H,2-3,5-6,9H2,(H,21,22,24)/t13-/m1/s1. The molecule has 0 aliphatic carbocycles. The summed E-state index contributed by atoms with van der Waals surface area (Å²) in [5, 5.41) is 0. The Morgan fingerprint density at radius 3 is 2.84 bits per heavy atom. The van der Waals surface area contributed by atoms with Gasteiger partial charge in [0.05, 0.1) is 24.6 Å². The van der Waals surface area contributed by atoms with Crippen LogP contribution >= 0.6 is 0 Å². The largest absolute Gasteiger partial charge is 0.417 e. The quantitative estimate of drug-likeness (QED) is 0.910. The van der Waals surface area contributed by atoms with Gasteiger partial charge in [-0.05, 0) is 25.0 Å². The summed E-state index contributed by atoms with van der Waals surface area (Å²) >= 11 is 0. The number of rotatable bonds is 4. The SMILES string of the molecule is O=c1cc(CC[C@@H]2CN(c3ccc(C(F)(F)F)cn3)CCO2)nc[nH]1. The molecule has 6 nitrogen and oxygen atoms in total. The zero-order valence-electron chi connectivity index (χ0n) is 13.3. The summed E-state index contributed by atoms with van der Waals surface area (Å²) in [7, 11) is 0. The van der Waals surface area contributed by atoms with Crippen molar-refractivity contribution < 1.29 is 17.9 Å². The summed E-state index contributed by atoms with van der Waals surface area (Å²) in [6.45, 7) is 1.57. The molecule has 1 aliphatic rings. The summed E-state index contributed by atoms with van der Waals surface area (Å²) in [5.41, 5.74) is -0.288. The molecule has 25 heavy (non-hydrogen) atoms. The second-order valence-electron chi connectivity index (χ2n) is 5.78. The molecule has 134 valence electrons. The minimum atomic E-state index is -4.39. The molecule has 0 spiro atoms. The predicted molar refractivity (Wildman–Crippen MR) is 84.4 cm³/mol. The third kappa shape index (κ3) is 4.56.